The van der Waals surface area contributed by atoms with Gasteiger partial charge in [0.15, 0.2) is 0 Å². The molecular formula is C15H15BrFN3O3S2. The minimum absolute atomic E-state index is 0.00436. The van der Waals surface area contributed by atoms with E-state index in [0.717, 1.165) is 16.9 Å². The molecule has 2 amide bonds. The third kappa shape index (κ3) is 3.86. The Hall–Kier alpha value is -1.49. The fourth-order valence-electron chi connectivity index (χ4n) is 2.70. The van der Waals surface area contributed by atoms with Crippen LogP contribution in [0.15, 0.2) is 26.9 Å². The monoisotopic (exact) mass is 447 g/mol. The largest absolute Gasteiger partial charge is 0.322 e. The minimum atomic E-state index is -3.81. The Balaban J connectivity index is 1.78. The first-order valence-corrected chi connectivity index (χ1v) is 10.5. The second kappa shape index (κ2) is 6.67. The van der Waals surface area contributed by atoms with Gasteiger partial charge < -0.3 is 10.2 Å². The molecule has 0 spiro atoms. The van der Waals surface area contributed by atoms with Crippen LogP contribution in [0, 0.1) is 12.7 Å². The molecule has 1 aromatic heterocycles. The predicted molar refractivity (Wildman–Crippen MR) is 97.7 cm³/mol. The molecule has 0 saturated heterocycles. The van der Waals surface area contributed by atoms with Crippen LogP contribution in [0.3, 0.4) is 0 Å². The lowest BCUT2D eigenvalue weighted by atomic mass is 9.99. The molecule has 6 nitrogen and oxygen atoms in total. The lowest BCUT2D eigenvalue weighted by molar-refractivity contribution is 0.206. The van der Waals surface area contributed by atoms with Crippen molar-refractivity contribution in [3.8, 4) is 0 Å². The number of anilines is 1. The standard InChI is InChI=1S/C15H15BrFN3O3S2/c1-8-13(6-14(24-8)25(18,22)23)19-15(21)20-3-2-11-9(7-20)4-10(16)5-12(11)17/h4-6H,2-3,7H2,1H3,(H,19,21)(H2,18,22,23). The van der Waals surface area contributed by atoms with E-state index in [1.807, 2.05) is 0 Å². The number of nitrogens with two attached hydrogens (primary N) is 1. The molecule has 0 saturated carbocycles. The van der Waals surface area contributed by atoms with Gasteiger partial charge in [-0.05, 0) is 42.7 Å². The van der Waals surface area contributed by atoms with Gasteiger partial charge in [0.25, 0.3) is 0 Å². The molecule has 25 heavy (non-hydrogen) atoms. The topological polar surface area (TPSA) is 92.5 Å². The van der Waals surface area contributed by atoms with Gasteiger partial charge in [-0.15, -0.1) is 11.3 Å². The van der Waals surface area contributed by atoms with E-state index in [4.69, 9.17) is 5.14 Å². The summed E-state index contributed by atoms with van der Waals surface area (Å²) in [5.74, 6) is -0.282. The molecule has 0 unspecified atom stereocenters. The number of hydrogen-bond acceptors (Lipinski definition) is 4. The van der Waals surface area contributed by atoms with Gasteiger partial charge in [0.1, 0.15) is 10.0 Å². The first kappa shape index (κ1) is 18.3. The van der Waals surface area contributed by atoms with E-state index in [9.17, 15) is 17.6 Å². The average molecular weight is 448 g/mol. The highest BCUT2D eigenvalue weighted by molar-refractivity contribution is 9.10. The number of rotatable bonds is 2. The van der Waals surface area contributed by atoms with E-state index >= 15 is 0 Å². The van der Waals surface area contributed by atoms with Crippen molar-refractivity contribution in [3.63, 3.8) is 0 Å². The number of halogens is 2. The van der Waals surface area contributed by atoms with Gasteiger partial charge in [-0.1, -0.05) is 15.9 Å². The van der Waals surface area contributed by atoms with Gasteiger partial charge in [-0.3, -0.25) is 0 Å². The lowest BCUT2D eigenvalue weighted by Crippen LogP contribution is -2.39. The molecule has 1 aliphatic rings. The molecule has 0 fully saturated rings. The summed E-state index contributed by atoms with van der Waals surface area (Å²) in [5, 5.41) is 7.82. The van der Waals surface area contributed by atoms with Crippen molar-refractivity contribution >= 4 is 49.0 Å². The number of carbonyl (C=O) groups is 1. The molecule has 134 valence electrons. The van der Waals surface area contributed by atoms with Crippen molar-refractivity contribution in [2.75, 3.05) is 11.9 Å². The average Bonchev–Trinajstić information content (AvgIpc) is 2.87. The Labute approximate surface area is 157 Å². The molecule has 2 heterocycles. The number of hydrogen-bond donors (Lipinski definition) is 2. The van der Waals surface area contributed by atoms with E-state index in [1.54, 1.807) is 17.9 Å². The first-order valence-electron chi connectivity index (χ1n) is 7.31. The van der Waals surface area contributed by atoms with Crippen molar-refractivity contribution < 1.29 is 17.6 Å². The second-order valence-corrected chi connectivity index (χ2v) is 9.67. The fraction of sp³-hybridized carbons (Fsp3) is 0.267. The Morgan fingerprint density at radius 2 is 2.12 bits per heavy atom. The lowest BCUT2D eigenvalue weighted by Gasteiger charge is -2.29. The summed E-state index contributed by atoms with van der Waals surface area (Å²) in [6, 6.07) is 4.19. The van der Waals surface area contributed by atoms with Crippen LogP contribution in [0.2, 0.25) is 0 Å². The molecule has 3 rings (SSSR count). The number of urea groups is 1. The van der Waals surface area contributed by atoms with Crippen LogP contribution < -0.4 is 10.5 Å². The van der Waals surface area contributed by atoms with E-state index in [-0.39, 0.29) is 22.6 Å². The smallest absolute Gasteiger partial charge is 0.320 e. The number of thiophene rings is 1. The Morgan fingerprint density at radius 3 is 2.76 bits per heavy atom. The van der Waals surface area contributed by atoms with Crippen molar-refractivity contribution in [2.45, 2.75) is 24.1 Å². The number of nitrogens with one attached hydrogen (secondary N) is 1. The summed E-state index contributed by atoms with van der Waals surface area (Å²) in [5.41, 5.74) is 1.78. The van der Waals surface area contributed by atoms with Crippen LogP contribution in [0.5, 0.6) is 0 Å². The van der Waals surface area contributed by atoms with Crippen molar-refractivity contribution in [2.24, 2.45) is 5.14 Å². The first-order chi connectivity index (χ1) is 11.6. The molecule has 2 aromatic rings. The van der Waals surface area contributed by atoms with E-state index in [2.05, 4.69) is 21.2 Å². The van der Waals surface area contributed by atoms with Gasteiger partial charge in [0, 0.05) is 22.4 Å². The quantitative estimate of drug-likeness (QED) is 0.739. The molecule has 0 bridgehead atoms. The maximum Gasteiger partial charge on any atom is 0.322 e. The maximum atomic E-state index is 14.0. The summed E-state index contributed by atoms with van der Waals surface area (Å²) in [4.78, 5) is 14.7. The fourth-order valence-corrected chi connectivity index (χ4v) is 4.99. The molecule has 3 N–H and O–H groups in total. The van der Waals surface area contributed by atoms with Crippen LogP contribution >= 0.6 is 27.3 Å². The third-order valence-corrected chi connectivity index (χ3v) is 6.88. The maximum absolute atomic E-state index is 14.0. The number of aryl methyl sites for hydroxylation is 1. The van der Waals surface area contributed by atoms with Crippen molar-refractivity contribution in [1.82, 2.24) is 4.90 Å². The van der Waals surface area contributed by atoms with Crippen molar-refractivity contribution in [1.29, 1.82) is 0 Å². The highest BCUT2D eigenvalue weighted by atomic mass is 79.9. The normalized spacial score (nSPS) is 14.3. The van der Waals surface area contributed by atoms with Gasteiger partial charge in [0.2, 0.25) is 10.0 Å². The molecule has 1 aliphatic heterocycles. The zero-order valence-electron chi connectivity index (χ0n) is 13.2. The zero-order valence-corrected chi connectivity index (χ0v) is 16.4. The highest BCUT2D eigenvalue weighted by Gasteiger charge is 2.24. The molecule has 1 aromatic carbocycles. The Morgan fingerprint density at radius 1 is 1.40 bits per heavy atom. The van der Waals surface area contributed by atoms with Crippen LogP contribution in [0.25, 0.3) is 0 Å². The molecule has 10 heteroatoms. The van der Waals surface area contributed by atoms with Crippen LogP contribution in [0.4, 0.5) is 14.9 Å². The van der Waals surface area contributed by atoms with Crippen molar-refractivity contribution in [3.05, 3.63) is 44.5 Å². The van der Waals surface area contributed by atoms with Crippen LogP contribution in [0.1, 0.15) is 16.0 Å². The molecule has 0 radical (unpaired) electrons. The zero-order chi connectivity index (χ0) is 18.4. The summed E-state index contributed by atoms with van der Waals surface area (Å²) in [7, 11) is -3.81. The second-order valence-electron chi connectivity index (χ2n) is 5.71. The SMILES string of the molecule is Cc1sc(S(N)(=O)=O)cc1NC(=O)N1CCc2c(F)cc(Br)cc2C1. The van der Waals surface area contributed by atoms with Crippen LogP contribution in [-0.2, 0) is 23.0 Å². The number of nitrogens with zero attached hydrogens (tertiary/aromatic N) is 1. The van der Waals surface area contributed by atoms with Gasteiger partial charge >= 0.3 is 6.03 Å². The number of primary sulfonamides is 1. The van der Waals surface area contributed by atoms with Crippen LogP contribution in [-0.4, -0.2) is 25.9 Å². The number of amides is 2. The van der Waals surface area contributed by atoms with Gasteiger partial charge in [-0.25, -0.2) is 22.7 Å². The number of fused-ring (bicyclic) bond motifs is 1. The van der Waals surface area contributed by atoms with E-state index in [1.165, 1.54) is 12.1 Å². The summed E-state index contributed by atoms with van der Waals surface area (Å²) in [6.45, 7) is 2.36. The number of benzene rings is 1. The molecule has 0 aliphatic carbocycles. The number of carbonyl (C=O) groups excluding carboxylic acids is 1. The number of sulfonamides is 1. The Bertz CT molecular complexity index is 959. The molecular weight excluding hydrogens is 433 g/mol. The van der Waals surface area contributed by atoms with E-state index < -0.39 is 10.0 Å². The third-order valence-electron chi connectivity index (χ3n) is 3.95. The Kier molecular flexibility index (Phi) is 4.89. The van der Waals surface area contributed by atoms with Gasteiger partial charge in [-0.2, -0.15) is 0 Å². The minimum Gasteiger partial charge on any atom is -0.320 e. The summed E-state index contributed by atoms with van der Waals surface area (Å²) in [6.07, 6.45) is 0.424. The van der Waals surface area contributed by atoms with E-state index in [0.29, 0.717) is 33.6 Å². The predicted octanol–water partition coefficient (Wildman–Crippen LogP) is 3.20. The summed E-state index contributed by atoms with van der Waals surface area (Å²) >= 11 is 4.26. The molecule has 0 atom stereocenters. The summed E-state index contributed by atoms with van der Waals surface area (Å²) < 4.78 is 37.4. The highest BCUT2D eigenvalue weighted by Crippen LogP contribution is 2.30. The van der Waals surface area contributed by atoms with Gasteiger partial charge in [0.05, 0.1) is 5.69 Å².